The van der Waals surface area contributed by atoms with Crippen LogP contribution in [0.2, 0.25) is 0 Å². The van der Waals surface area contributed by atoms with Gasteiger partial charge in [-0.1, -0.05) is 13.8 Å². The van der Waals surface area contributed by atoms with Crippen LogP contribution in [0.25, 0.3) is 0 Å². The Hall–Kier alpha value is -0.870. The monoisotopic (exact) mass is 267 g/mol. The summed E-state index contributed by atoms with van der Waals surface area (Å²) in [6.07, 6.45) is 3.88. The highest BCUT2D eigenvalue weighted by Crippen LogP contribution is 2.20. The second-order valence-corrected chi connectivity index (χ2v) is 5.55. The molecule has 0 aliphatic carbocycles. The summed E-state index contributed by atoms with van der Waals surface area (Å²) >= 11 is 0. The third-order valence-corrected chi connectivity index (χ3v) is 3.79. The Labute approximate surface area is 117 Å². The number of aromatic nitrogens is 2. The van der Waals surface area contributed by atoms with Crippen LogP contribution in [0.1, 0.15) is 51.1 Å². The zero-order valence-electron chi connectivity index (χ0n) is 13.1. The van der Waals surface area contributed by atoms with Crippen LogP contribution in [0.4, 0.5) is 0 Å². The van der Waals surface area contributed by atoms with Gasteiger partial charge in [0.05, 0.1) is 11.3 Å². The molecule has 4 nitrogen and oxygen atoms in total. The first-order valence-electron chi connectivity index (χ1n) is 7.31. The fourth-order valence-corrected chi connectivity index (χ4v) is 2.36. The lowest BCUT2D eigenvalue weighted by molar-refractivity contribution is 0.0111. The summed E-state index contributed by atoms with van der Waals surface area (Å²) in [6.45, 7) is 10.2. The summed E-state index contributed by atoms with van der Waals surface area (Å²) in [4.78, 5) is 0. The highest BCUT2D eigenvalue weighted by molar-refractivity contribution is 5.27. The second kappa shape index (κ2) is 7.06. The molecule has 0 amide bonds. The summed E-state index contributed by atoms with van der Waals surface area (Å²) in [5.41, 5.74) is 9.54. The maximum absolute atomic E-state index is 5.72. The van der Waals surface area contributed by atoms with E-state index in [0.29, 0.717) is 6.54 Å². The van der Waals surface area contributed by atoms with Crippen molar-refractivity contribution in [2.75, 3.05) is 13.7 Å². The van der Waals surface area contributed by atoms with Gasteiger partial charge in [-0.3, -0.25) is 4.68 Å². The first-order chi connectivity index (χ1) is 8.99. The van der Waals surface area contributed by atoms with E-state index in [0.717, 1.165) is 32.2 Å². The molecular formula is C15H29N3O. The fraction of sp³-hybridized carbons (Fsp3) is 0.800. The molecule has 0 saturated carbocycles. The van der Waals surface area contributed by atoms with E-state index in [9.17, 15) is 0 Å². The van der Waals surface area contributed by atoms with Crippen molar-refractivity contribution in [3.63, 3.8) is 0 Å². The number of aryl methyl sites for hydroxylation is 2. The van der Waals surface area contributed by atoms with Gasteiger partial charge in [0.25, 0.3) is 0 Å². The van der Waals surface area contributed by atoms with Crippen LogP contribution in [0, 0.1) is 0 Å². The van der Waals surface area contributed by atoms with Crippen molar-refractivity contribution in [1.29, 1.82) is 0 Å². The van der Waals surface area contributed by atoms with Crippen molar-refractivity contribution in [3.05, 3.63) is 17.0 Å². The Morgan fingerprint density at radius 2 is 1.95 bits per heavy atom. The lowest BCUT2D eigenvalue weighted by Crippen LogP contribution is -2.25. The zero-order valence-corrected chi connectivity index (χ0v) is 13.1. The SMILES string of the molecule is CCc1nn(CCC(C)(C)OC)c(CC)c1CCN. The van der Waals surface area contributed by atoms with E-state index in [1.807, 2.05) is 0 Å². The normalized spacial score (nSPS) is 12.1. The van der Waals surface area contributed by atoms with Gasteiger partial charge in [-0.15, -0.1) is 0 Å². The zero-order chi connectivity index (χ0) is 14.5. The smallest absolute Gasteiger partial charge is 0.0657 e. The molecule has 0 unspecified atom stereocenters. The predicted molar refractivity (Wildman–Crippen MR) is 79.4 cm³/mol. The molecular weight excluding hydrogens is 238 g/mol. The molecule has 0 fully saturated rings. The number of rotatable bonds is 8. The maximum atomic E-state index is 5.72. The Kier molecular flexibility index (Phi) is 6.01. The number of hydrogen-bond donors (Lipinski definition) is 1. The third-order valence-electron chi connectivity index (χ3n) is 3.79. The number of ether oxygens (including phenoxy) is 1. The molecule has 1 rings (SSSR count). The van der Waals surface area contributed by atoms with Gasteiger partial charge in [0, 0.05) is 19.3 Å². The standard InChI is InChI=1S/C15H29N3O/c1-6-13-12(8-10-16)14(7-2)18(17-13)11-9-15(3,4)19-5/h6-11,16H2,1-5H3. The van der Waals surface area contributed by atoms with Crippen molar-refractivity contribution in [2.45, 2.75) is 65.5 Å². The van der Waals surface area contributed by atoms with Crippen LogP contribution in [0.15, 0.2) is 0 Å². The van der Waals surface area contributed by atoms with Crippen molar-refractivity contribution in [2.24, 2.45) is 5.73 Å². The van der Waals surface area contributed by atoms with Crippen LogP contribution in [-0.2, 0) is 30.5 Å². The highest BCUT2D eigenvalue weighted by atomic mass is 16.5. The number of hydrogen-bond acceptors (Lipinski definition) is 3. The molecule has 19 heavy (non-hydrogen) atoms. The van der Waals surface area contributed by atoms with Gasteiger partial charge in [0.1, 0.15) is 0 Å². The molecule has 2 N–H and O–H groups in total. The Morgan fingerprint density at radius 3 is 2.42 bits per heavy atom. The highest BCUT2D eigenvalue weighted by Gasteiger charge is 2.19. The van der Waals surface area contributed by atoms with Crippen molar-refractivity contribution in [3.8, 4) is 0 Å². The van der Waals surface area contributed by atoms with E-state index in [-0.39, 0.29) is 5.60 Å². The Balaban J connectivity index is 2.94. The maximum Gasteiger partial charge on any atom is 0.0657 e. The minimum atomic E-state index is -0.0998. The van der Waals surface area contributed by atoms with Gasteiger partial charge in [-0.2, -0.15) is 5.10 Å². The van der Waals surface area contributed by atoms with E-state index < -0.39 is 0 Å². The number of nitrogens with zero attached hydrogens (tertiary/aromatic N) is 2. The summed E-state index contributed by atoms with van der Waals surface area (Å²) in [5.74, 6) is 0. The number of nitrogens with two attached hydrogens (primary N) is 1. The van der Waals surface area contributed by atoms with Gasteiger partial charge in [-0.05, 0) is 51.6 Å². The molecule has 110 valence electrons. The van der Waals surface area contributed by atoms with Crippen LogP contribution in [0.5, 0.6) is 0 Å². The van der Waals surface area contributed by atoms with Gasteiger partial charge in [0.2, 0.25) is 0 Å². The average molecular weight is 267 g/mol. The van der Waals surface area contributed by atoms with Crippen LogP contribution < -0.4 is 5.73 Å². The van der Waals surface area contributed by atoms with E-state index in [1.165, 1.54) is 17.0 Å². The van der Waals surface area contributed by atoms with Gasteiger partial charge in [-0.25, -0.2) is 0 Å². The van der Waals surface area contributed by atoms with E-state index in [2.05, 4.69) is 32.4 Å². The molecule has 0 spiro atoms. The summed E-state index contributed by atoms with van der Waals surface area (Å²) in [5, 5.41) is 4.76. The quantitative estimate of drug-likeness (QED) is 0.786. The van der Waals surface area contributed by atoms with Gasteiger partial charge >= 0.3 is 0 Å². The average Bonchev–Trinajstić information content (AvgIpc) is 2.74. The van der Waals surface area contributed by atoms with Gasteiger partial charge < -0.3 is 10.5 Å². The molecule has 0 aromatic carbocycles. The molecule has 0 saturated heterocycles. The van der Waals surface area contributed by atoms with Crippen molar-refractivity contribution < 1.29 is 4.74 Å². The summed E-state index contributed by atoms with van der Waals surface area (Å²) < 4.78 is 7.64. The molecule has 0 radical (unpaired) electrons. The third kappa shape index (κ3) is 4.05. The lowest BCUT2D eigenvalue weighted by atomic mass is 10.0. The van der Waals surface area contributed by atoms with Crippen LogP contribution in [0.3, 0.4) is 0 Å². The van der Waals surface area contributed by atoms with Crippen molar-refractivity contribution in [1.82, 2.24) is 9.78 Å². The first-order valence-corrected chi connectivity index (χ1v) is 7.31. The fourth-order valence-electron chi connectivity index (χ4n) is 2.36. The molecule has 0 atom stereocenters. The lowest BCUT2D eigenvalue weighted by Gasteiger charge is -2.23. The molecule has 0 aliphatic heterocycles. The summed E-state index contributed by atoms with van der Waals surface area (Å²) in [6, 6.07) is 0. The molecule has 0 aliphatic rings. The van der Waals surface area contributed by atoms with Crippen LogP contribution in [-0.4, -0.2) is 29.0 Å². The largest absolute Gasteiger partial charge is 0.379 e. The Morgan fingerprint density at radius 1 is 1.26 bits per heavy atom. The number of methoxy groups -OCH3 is 1. The van der Waals surface area contributed by atoms with E-state index in [4.69, 9.17) is 15.6 Å². The topological polar surface area (TPSA) is 53.1 Å². The molecule has 0 bridgehead atoms. The molecule has 1 aromatic rings. The molecule has 1 heterocycles. The Bertz CT molecular complexity index is 396. The molecule has 1 aromatic heterocycles. The minimum Gasteiger partial charge on any atom is -0.379 e. The predicted octanol–water partition coefficient (Wildman–Crippen LogP) is 2.32. The van der Waals surface area contributed by atoms with Crippen molar-refractivity contribution >= 4 is 0 Å². The summed E-state index contributed by atoms with van der Waals surface area (Å²) in [7, 11) is 1.77. The second-order valence-electron chi connectivity index (χ2n) is 5.55. The van der Waals surface area contributed by atoms with E-state index >= 15 is 0 Å². The van der Waals surface area contributed by atoms with Gasteiger partial charge in [0.15, 0.2) is 0 Å². The minimum absolute atomic E-state index is 0.0998. The van der Waals surface area contributed by atoms with Crippen LogP contribution >= 0.6 is 0 Å². The molecule has 4 heteroatoms. The van der Waals surface area contributed by atoms with E-state index in [1.54, 1.807) is 7.11 Å². The first kappa shape index (κ1) is 16.2.